The molecule has 124 valence electrons. The first-order valence-corrected chi connectivity index (χ1v) is 6.83. The van der Waals surface area contributed by atoms with Crippen LogP contribution in [0.15, 0.2) is 54.1 Å². The Bertz CT molecular complexity index is 913. The van der Waals surface area contributed by atoms with Gasteiger partial charge in [0.05, 0.1) is 9.85 Å². The number of nitrogens with one attached hydrogen (secondary N) is 1. The SMILES string of the molecule is N#C/C(=C/c1ccc([N+](=O)[O-])cc1)C(=O)Nc1cccc([N+](=O)[O-])c1. The quantitative estimate of drug-likeness (QED) is 0.384. The molecule has 0 fully saturated rings. The van der Waals surface area contributed by atoms with Gasteiger partial charge in [0.25, 0.3) is 17.3 Å². The maximum absolute atomic E-state index is 12.1. The fourth-order valence-electron chi connectivity index (χ4n) is 1.90. The molecule has 9 heteroatoms. The Morgan fingerprint density at radius 3 is 2.24 bits per heavy atom. The maximum atomic E-state index is 12.1. The van der Waals surface area contributed by atoms with Gasteiger partial charge in [-0.05, 0) is 29.8 Å². The molecule has 0 atom stereocenters. The standard InChI is InChI=1S/C16H10N4O5/c17-10-12(8-11-4-6-14(7-5-11)19(22)23)16(21)18-13-2-1-3-15(9-13)20(24)25/h1-9H,(H,18,21)/b12-8-. The van der Waals surface area contributed by atoms with Gasteiger partial charge in [-0.1, -0.05) is 6.07 Å². The Balaban J connectivity index is 2.21. The molecular weight excluding hydrogens is 328 g/mol. The first-order chi connectivity index (χ1) is 11.9. The van der Waals surface area contributed by atoms with Gasteiger partial charge in [-0.3, -0.25) is 25.0 Å². The zero-order valence-corrected chi connectivity index (χ0v) is 12.6. The Hall–Kier alpha value is -4.06. The molecule has 25 heavy (non-hydrogen) atoms. The van der Waals surface area contributed by atoms with E-state index in [1.165, 1.54) is 54.6 Å². The predicted octanol–water partition coefficient (Wildman–Crippen LogP) is 3.05. The minimum atomic E-state index is -0.749. The topological polar surface area (TPSA) is 139 Å². The molecule has 0 aliphatic carbocycles. The summed E-state index contributed by atoms with van der Waals surface area (Å²) in [4.78, 5) is 32.3. The van der Waals surface area contributed by atoms with Crippen LogP contribution in [0.2, 0.25) is 0 Å². The molecule has 0 bridgehead atoms. The Morgan fingerprint density at radius 1 is 1.04 bits per heavy atom. The van der Waals surface area contributed by atoms with Crippen LogP contribution in [0.4, 0.5) is 17.1 Å². The van der Waals surface area contributed by atoms with E-state index in [4.69, 9.17) is 5.26 Å². The zero-order chi connectivity index (χ0) is 18.4. The molecule has 0 spiro atoms. The van der Waals surface area contributed by atoms with Crippen molar-refractivity contribution in [2.45, 2.75) is 0 Å². The van der Waals surface area contributed by atoms with Crippen molar-refractivity contribution in [3.05, 3.63) is 79.9 Å². The van der Waals surface area contributed by atoms with E-state index < -0.39 is 15.8 Å². The normalized spacial score (nSPS) is 10.6. The second-order valence-electron chi connectivity index (χ2n) is 4.78. The smallest absolute Gasteiger partial charge is 0.271 e. The molecule has 0 heterocycles. The van der Waals surface area contributed by atoms with Gasteiger partial charge in [-0.2, -0.15) is 5.26 Å². The number of hydrogen-bond acceptors (Lipinski definition) is 6. The lowest BCUT2D eigenvalue weighted by atomic mass is 10.1. The average molecular weight is 338 g/mol. The molecule has 0 aromatic heterocycles. The van der Waals surface area contributed by atoms with E-state index >= 15 is 0 Å². The Labute approximate surface area is 141 Å². The van der Waals surface area contributed by atoms with Crippen LogP contribution >= 0.6 is 0 Å². The van der Waals surface area contributed by atoms with Crippen LogP contribution in [-0.2, 0) is 4.79 Å². The Morgan fingerprint density at radius 2 is 1.68 bits per heavy atom. The number of carbonyl (C=O) groups is 1. The molecule has 2 aromatic carbocycles. The highest BCUT2D eigenvalue weighted by molar-refractivity contribution is 6.09. The lowest BCUT2D eigenvalue weighted by molar-refractivity contribution is -0.385. The Kier molecular flexibility index (Phi) is 5.17. The highest BCUT2D eigenvalue weighted by atomic mass is 16.6. The third-order valence-corrected chi connectivity index (χ3v) is 3.09. The number of amides is 1. The molecule has 0 aliphatic heterocycles. The van der Waals surface area contributed by atoms with Gasteiger partial charge in [0, 0.05) is 30.0 Å². The molecule has 2 rings (SSSR count). The largest absolute Gasteiger partial charge is 0.321 e. The second kappa shape index (κ2) is 7.47. The third kappa shape index (κ3) is 4.46. The van der Waals surface area contributed by atoms with Crippen LogP contribution in [0.25, 0.3) is 6.08 Å². The fourth-order valence-corrected chi connectivity index (χ4v) is 1.90. The number of anilines is 1. The average Bonchev–Trinajstić information content (AvgIpc) is 2.60. The molecule has 0 radical (unpaired) electrons. The van der Waals surface area contributed by atoms with Crippen molar-refractivity contribution < 1.29 is 14.6 Å². The van der Waals surface area contributed by atoms with Gasteiger partial charge in [-0.15, -0.1) is 0 Å². The van der Waals surface area contributed by atoms with E-state index in [1.54, 1.807) is 6.07 Å². The molecule has 0 saturated heterocycles. The molecule has 1 amide bonds. The van der Waals surface area contributed by atoms with Crippen molar-refractivity contribution in [2.75, 3.05) is 5.32 Å². The van der Waals surface area contributed by atoms with Crippen LogP contribution in [0.3, 0.4) is 0 Å². The summed E-state index contributed by atoms with van der Waals surface area (Å²) in [5.74, 6) is -0.749. The predicted molar refractivity (Wildman–Crippen MR) is 88.4 cm³/mol. The van der Waals surface area contributed by atoms with E-state index in [1.807, 2.05) is 0 Å². The number of nitrogens with zero attached hydrogens (tertiary/aromatic N) is 3. The first kappa shape index (κ1) is 17.3. The highest BCUT2D eigenvalue weighted by Gasteiger charge is 2.12. The summed E-state index contributed by atoms with van der Waals surface area (Å²) in [6.45, 7) is 0. The van der Waals surface area contributed by atoms with E-state index in [2.05, 4.69) is 5.32 Å². The van der Waals surface area contributed by atoms with Gasteiger partial charge in [-0.25, -0.2) is 0 Å². The fraction of sp³-hybridized carbons (Fsp3) is 0. The minimum absolute atomic E-state index is 0.114. The summed E-state index contributed by atoms with van der Waals surface area (Å²) in [5, 5.41) is 32.9. The number of nitriles is 1. The van der Waals surface area contributed by atoms with E-state index in [9.17, 15) is 25.0 Å². The van der Waals surface area contributed by atoms with Gasteiger partial charge < -0.3 is 5.32 Å². The second-order valence-corrected chi connectivity index (χ2v) is 4.78. The van der Waals surface area contributed by atoms with Crippen LogP contribution in [0, 0.1) is 31.6 Å². The number of nitro groups is 2. The molecule has 2 aromatic rings. The lowest BCUT2D eigenvalue weighted by Crippen LogP contribution is -2.13. The van der Waals surface area contributed by atoms with Crippen molar-refractivity contribution >= 4 is 29.0 Å². The monoisotopic (exact) mass is 338 g/mol. The molecule has 0 aliphatic rings. The number of rotatable bonds is 5. The van der Waals surface area contributed by atoms with E-state index in [0.717, 1.165) is 0 Å². The van der Waals surface area contributed by atoms with E-state index in [-0.39, 0.29) is 22.6 Å². The highest BCUT2D eigenvalue weighted by Crippen LogP contribution is 2.19. The number of benzene rings is 2. The number of non-ortho nitro benzene ring substituents is 2. The van der Waals surface area contributed by atoms with Gasteiger partial charge in [0.1, 0.15) is 11.6 Å². The van der Waals surface area contributed by atoms with Crippen molar-refractivity contribution in [3.63, 3.8) is 0 Å². The van der Waals surface area contributed by atoms with Gasteiger partial charge in [0.15, 0.2) is 0 Å². The summed E-state index contributed by atoms with van der Waals surface area (Å²) in [5.41, 5.74) is 0.0353. The molecular formula is C16H10N4O5. The van der Waals surface area contributed by atoms with Crippen LogP contribution in [0.5, 0.6) is 0 Å². The number of hydrogen-bond donors (Lipinski definition) is 1. The van der Waals surface area contributed by atoms with E-state index in [0.29, 0.717) is 5.56 Å². The van der Waals surface area contributed by atoms with Crippen molar-refractivity contribution in [3.8, 4) is 6.07 Å². The first-order valence-electron chi connectivity index (χ1n) is 6.83. The summed E-state index contributed by atoms with van der Waals surface area (Å²) in [6, 6.07) is 12.3. The van der Waals surface area contributed by atoms with Gasteiger partial charge in [0.2, 0.25) is 0 Å². The van der Waals surface area contributed by atoms with Crippen molar-refractivity contribution in [1.82, 2.24) is 0 Å². The number of carbonyl (C=O) groups excluding carboxylic acids is 1. The lowest BCUT2D eigenvalue weighted by Gasteiger charge is -2.04. The molecule has 0 unspecified atom stereocenters. The van der Waals surface area contributed by atoms with Gasteiger partial charge >= 0.3 is 0 Å². The number of nitro benzene ring substituents is 2. The third-order valence-electron chi connectivity index (χ3n) is 3.09. The van der Waals surface area contributed by atoms with Crippen LogP contribution < -0.4 is 5.32 Å². The minimum Gasteiger partial charge on any atom is -0.321 e. The van der Waals surface area contributed by atoms with Crippen molar-refractivity contribution in [1.29, 1.82) is 5.26 Å². The zero-order valence-electron chi connectivity index (χ0n) is 12.6. The molecule has 0 saturated carbocycles. The summed E-state index contributed by atoms with van der Waals surface area (Å²) < 4.78 is 0. The summed E-state index contributed by atoms with van der Waals surface area (Å²) >= 11 is 0. The molecule has 1 N–H and O–H groups in total. The summed E-state index contributed by atoms with van der Waals surface area (Å²) in [6.07, 6.45) is 1.26. The van der Waals surface area contributed by atoms with Crippen LogP contribution in [0.1, 0.15) is 5.56 Å². The van der Waals surface area contributed by atoms with Crippen molar-refractivity contribution in [2.24, 2.45) is 0 Å². The molecule has 9 nitrogen and oxygen atoms in total. The van der Waals surface area contributed by atoms with Crippen LogP contribution in [-0.4, -0.2) is 15.8 Å². The summed E-state index contributed by atoms with van der Waals surface area (Å²) in [7, 11) is 0. The maximum Gasteiger partial charge on any atom is 0.271 e.